The molecule has 1 nitrogen and oxygen atoms in total. The monoisotopic (exact) mass is 287 g/mol. The van der Waals surface area contributed by atoms with Gasteiger partial charge in [0.2, 0.25) is 0 Å². The zero-order chi connectivity index (χ0) is 15.0. The molecule has 22 heavy (non-hydrogen) atoms. The van der Waals surface area contributed by atoms with Crippen molar-refractivity contribution < 1.29 is 4.74 Å². The van der Waals surface area contributed by atoms with E-state index < -0.39 is 0 Å². The second kappa shape index (κ2) is 7.46. The first-order valence-corrected chi connectivity index (χ1v) is 7.63. The minimum atomic E-state index is 0.353. The molecule has 3 aromatic rings. The molecule has 0 saturated heterocycles. The van der Waals surface area contributed by atoms with Gasteiger partial charge in [-0.3, -0.25) is 0 Å². The van der Waals surface area contributed by atoms with Crippen LogP contribution in [0.15, 0.2) is 84.9 Å². The molecule has 0 amide bonds. The lowest BCUT2D eigenvalue weighted by molar-refractivity contribution is 0.303. The van der Waals surface area contributed by atoms with Crippen molar-refractivity contribution in [3.63, 3.8) is 0 Å². The van der Waals surface area contributed by atoms with Gasteiger partial charge in [-0.2, -0.15) is 0 Å². The molecule has 3 aromatic carbocycles. The van der Waals surface area contributed by atoms with Crippen molar-refractivity contribution >= 4 is 0 Å². The van der Waals surface area contributed by atoms with Gasteiger partial charge in [0.1, 0.15) is 5.75 Å². The maximum Gasteiger partial charge on any atom is 0.127 e. The lowest BCUT2D eigenvalue weighted by atomic mass is 9.89. The molecule has 0 saturated carbocycles. The van der Waals surface area contributed by atoms with Gasteiger partial charge in [0.15, 0.2) is 0 Å². The summed E-state index contributed by atoms with van der Waals surface area (Å²) in [4.78, 5) is 0. The van der Waals surface area contributed by atoms with Gasteiger partial charge in [0.05, 0.1) is 6.61 Å². The van der Waals surface area contributed by atoms with Gasteiger partial charge in [0, 0.05) is 12.0 Å². The fourth-order valence-electron chi connectivity index (χ4n) is 2.65. The largest absolute Gasteiger partial charge is 0.493 e. The van der Waals surface area contributed by atoms with E-state index in [9.17, 15) is 0 Å². The zero-order valence-electron chi connectivity index (χ0n) is 12.5. The van der Waals surface area contributed by atoms with E-state index in [2.05, 4.69) is 66.7 Å². The van der Waals surface area contributed by atoms with Crippen molar-refractivity contribution in [2.24, 2.45) is 0 Å². The van der Waals surface area contributed by atoms with Crippen LogP contribution in [0.3, 0.4) is 0 Å². The molecular formula is C21H19O. The average molecular weight is 287 g/mol. The predicted octanol–water partition coefficient (Wildman–Crippen LogP) is 5.09. The van der Waals surface area contributed by atoms with Crippen molar-refractivity contribution in [2.75, 3.05) is 6.61 Å². The molecule has 0 fully saturated rings. The van der Waals surface area contributed by atoms with Crippen molar-refractivity contribution in [1.29, 1.82) is 0 Å². The standard InChI is InChI=1S/C21H19O/c1-4-10-18(11-5-1)21(19-12-6-2-7-13-19)16-17-22-20-14-8-3-9-15-20/h1-14,21H,16-17H2. The Morgan fingerprint density at radius 1 is 0.727 bits per heavy atom. The molecular weight excluding hydrogens is 268 g/mol. The minimum Gasteiger partial charge on any atom is -0.493 e. The van der Waals surface area contributed by atoms with E-state index in [4.69, 9.17) is 4.74 Å². The van der Waals surface area contributed by atoms with E-state index in [1.54, 1.807) is 0 Å². The van der Waals surface area contributed by atoms with E-state index >= 15 is 0 Å². The highest BCUT2D eigenvalue weighted by Gasteiger charge is 2.13. The van der Waals surface area contributed by atoms with Crippen LogP contribution in [0.4, 0.5) is 0 Å². The predicted molar refractivity (Wildman–Crippen MR) is 90.1 cm³/mol. The summed E-state index contributed by atoms with van der Waals surface area (Å²) in [5.74, 6) is 1.16. The Morgan fingerprint density at radius 2 is 1.32 bits per heavy atom. The number of hydrogen-bond donors (Lipinski definition) is 0. The van der Waals surface area contributed by atoms with Crippen molar-refractivity contribution in [1.82, 2.24) is 0 Å². The summed E-state index contributed by atoms with van der Waals surface area (Å²) in [6, 6.07) is 32.1. The van der Waals surface area contributed by atoms with Crippen LogP contribution in [0.2, 0.25) is 0 Å². The molecule has 0 N–H and O–H groups in total. The topological polar surface area (TPSA) is 9.23 Å². The molecule has 3 rings (SSSR count). The smallest absolute Gasteiger partial charge is 0.127 e. The average Bonchev–Trinajstić information content (AvgIpc) is 2.61. The maximum absolute atomic E-state index is 5.82. The first-order valence-electron chi connectivity index (χ1n) is 7.63. The third-order valence-electron chi connectivity index (χ3n) is 3.75. The maximum atomic E-state index is 5.82. The van der Waals surface area contributed by atoms with Crippen molar-refractivity contribution in [3.8, 4) is 5.75 Å². The van der Waals surface area contributed by atoms with Gasteiger partial charge in [-0.25, -0.2) is 0 Å². The molecule has 1 radical (unpaired) electrons. The van der Waals surface area contributed by atoms with Crippen LogP contribution < -0.4 is 4.74 Å². The summed E-state index contributed by atoms with van der Waals surface area (Å²) in [7, 11) is 0. The fourth-order valence-corrected chi connectivity index (χ4v) is 2.65. The minimum absolute atomic E-state index is 0.353. The highest BCUT2D eigenvalue weighted by molar-refractivity contribution is 5.32. The normalized spacial score (nSPS) is 10.6. The molecule has 0 heterocycles. The zero-order valence-corrected chi connectivity index (χ0v) is 12.5. The van der Waals surface area contributed by atoms with Gasteiger partial charge in [-0.1, -0.05) is 78.9 Å². The molecule has 0 aromatic heterocycles. The van der Waals surface area contributed by atoms with Crippen LogP contribution in [0.25, 0.3) is 0 Å². The molecule has 1 heteroatoms. The van der Waals surface area contributed by atoms with Crippen LogP contribution in [0, 0.1) is 6.07 Å². The molecule has 0 atom stereocenters. The fraction of sp³-hybridized carbons (Fsp3) is 0.143. The summed E-state index contributed by atoms with van der Waals surface area (Å²) < 4.78 is 5.82. The lowest BCUT2D eigenvalue weighted by Gasteiger charge is -2.18. The first-order chi connectivity index (χ1) is 10.9. The van der Waals surface area contributed by atoms with Gasteiger partial charge in [-0.15, -0.1) is 0 Å². The number of hydrogen-bond acceptors (Lipinski definition) is 1. The van der Waals surface area contributed by atoms with Crippen LogP contribution in [0.1, 0.15) is 23.5 Å². The quantitative estimate of drug-likeness (QED) is 0.613. The van der Waals surface area contributed by atoms with E-state index in [1.165, 1.54) is 11.1 Å². The van der Waals surface area contributed by atoms with Crippen molar-refractivity contribution in [3.05, 3.63) is 102 Å². The molecule has 0 unspecified atom stereocenters. The molecule has 0 aliphatic heterocycles. The second-order valence-electron chi connectivity index (χ2n) is 5.24. The van der Waals surface area contributed by atoms with Gasteiger partial charge in [-0.05, 0) is 23.6 Å². The lowest BCUT2D eigenvalue weighted by Crippen LogP contribution is -2.07. The second-order valence-corrected chi connectivity index (χ2v) is 5.24. The van der Waals surface area contributed by atoms with E-state index in [0.717, 1.165) is 12.2 Å². The van der Waals surface area contributed by atoms with Crippen molar-refractivity contribution in [2.45, 2.75) is 12.3 Å². The summed E-state index contributed by atoms with van der Waals surface area (Å²) >= 11 is 0. The third-order valence-corrected chi connectivity index (χ3v) is 3.75. The Hall–Kier alpha value is -2.54. The summed E-state index contributed by atoms with van der Waals surface area (Å²) in [6.45, 7) is 0.676. The van der Waals surface area contributed by atoms with Gasteiger partial charge in [0.25, 0.3) is 0 Å². The van der Waals surface area contributed by atoms with E-state index in [1.807, 2.05) is 24.3 Å². The summed E-state index contributed by atoms with van der Waals surface area (Å²) in [5, 5.41) is 0. The summed E-state index contributed by atoms with van der Waals surface area (Å²) in [5.41, 5.74) is 2.66. The Balaban J connectivity index is 1.72. The Labute approximate surface area is 132 Å². The van der Waals surface area contributed by atoms with Gasteiger partial charge >= 0.3 is 0 Å². The number of rotatable bonds is 6. The molecule has 0 aliphatic carbocycles. The highest BCUT2D eigenvalue weighted by Crippen LogP contribution is 2.28. The Morgan fingerprint density at radius 3 is 1.86 bits per heavy atom. The van der Waals surface area contributed by atoms with E-state index in [0.29, 0.717) is 12.5 Å². The Kier molecular flexibility index (Phi) is 4.88. The highest BCUT2D eigenvalue weighted by atomic mass is 16.5. The third kappa shape index (κ3) is 3.76. The Bertz CT molecular complexity index is 623. The van der Waals surface area contributed by atoms with Crippen LogP contribution in [-0.2, 0) is 0 Å². The van der Waals surface area contributed by atoms with E-state index in [-0.39, 0.29) is 0 Å². The molecule has 0 spiro atoms. The molecule has 0 bridgehead atoms. The van der Waals surface area contributed by atoms with Crippen LogP contribution in [-0.4, -0.2) is 6.61 Å². The SMILES string of the molecule is [c]1ccccc1OCCC(c1ccccc1)c1ccccc1. The number of benzene rings is 3. The summed E-state index contributed by atoms with van der Waals surface area (Å²) in [6.07, 6.45) is 0.941. The molecule has 0 aliphatic rings. The van der Waals surface area contributed by atoms with Gasteiger partial charge < -0.3 is 4.74 Å². The first kappa shape index (κ1) is 14.4. The van der Waals surface area contributed by atoms with Crippen LogP contribution in [0.5, 0.6) is 5.75 Å². The number of ether oxygens (including phenoxy) is 1. The van der Waals surface area contributed by atoms with Crippen LogP contribution >= 0.6 is 0 Å². The number of para-hydroxylation sites is 1. The molecule has 109 valence electrons.